The van der Waals surface area contributed by atoms with Crippen LogP contribution in [0.15, 0.2) is 36.7 Å². The molecular formula is C16H19F3N4OS. The highest BCUT2D eigenvalue weighted by atomic mass is 32.1. The van der Waals surface area contributed by atoms with Crippen LogP contribution in [0.5, 0.6) is 0 Å². The van der Waals surface area contributed by atoms with Crippen LogP contribution < -0.4 is 10.6 Å². The van der Waals surface area contributed by atoms with E-state index in [-0.39, 0.29) is 6.54 Å². The number of alkyl halides is 3. The number of thiocarbonyl (C=S) groups is 1. The Labute approximate surface area is 149 Å². The van der Waals surface area contributed by atoms with Crippen molar-refractivity contribution in [1.82, 2.24) is 15.1 Å². The van der Waals surface area contributed by atoms with Gasteiger partial charge in [-0.05, 0) is 36.3 Å². The van der Waals surface area contributed by atoms with Crippen LogP contribution >= 0.6 is 12.2 Å². The van der Waals surface area contributed by atoms with Crippen molar-refractivity contribution in [2.45, 2.75) is 19.1 Å². The number of halogens is 3. The Hall–Kier alpha value is -2.13. The van der Waals surface area contributed by atoms with Crippen LogP contribution in [0, 0.1) is 0 Å². The van der Waals surface area contributed by atoms with Crippen LogP contribution in [0.3, 0.4) is 0 Å². The van der Waals surface area contributed by atoms with Gasteiger partial charge in [-0.25, -0.2) is 0 Å². The van der Waals surface area contributed by atoms with E-state index in [1.54, 1.807) is 30.3 Å². The third kappa shape index (κ3) is 6.35. The number of rotatable bonds is 7. The number of hydrogen-bond donors (Lipinski definition) is 2. The number of nitrogens with one attached hydrogen (secondary N) is 2. The number of anilines is 1. The van der Waals surface area contributed by atoms with E-state index in [9.17, 15) is 13.2 Å². The third-order valence-corrected chi connectivity index (χ3v) is 3.55. The van der Waals surface area contributed by atoms with Crippen LogP contribution in [-0.4, -0.2) is 35.2 Å². The molecule has 136 valence electrons. The van der Waals surface area contributed by atoms with Crippen LogP contribution in [0.2, 0.25) is 0 Å². The maximum absolute atomic E-state index is 12.7. The third-order valence-electron chi connectivity index (χ3n) is 3.30. The van der Waals surface area contributed by atoms with Gasteiger partial charge in [0.15, 0.2) is 5.11 Å². The highest BCUT2D eigenvalue weighted by Crippen LogP contribution is 2.29. The molecule has 1 heterocycles. The van der Waals surface area contributed by atoms with Crippen LogP contribution in [0.1, 0.15) is 17.5 Å². The standard InChI is InChI=1S/C16H19F3N4OS/c1-24-7-3-6-20-15(25)22-14-9-21-23(11-14)10-12-4-2-5-13(8-12)16(17,18)19/h2,4-5,8-9,11H,3,6-7,10H2,1H3,(H2,20,22,25). The zero-order chi connectivity index (χ0) is 18.3. The van der Waals surface area contributed by atoms with Gasteiger partial charge in [-0.1, -0.05) is 12.1 Å². The summed E-state index contributed by atoms with van der Waals surface area (Å²) >= 11 is 5.16. The molecule has 0 bridgehead atoms. The fourth-order valence-corrected chi connectivity index (χ4v) is 2.36. The van der Waals surface area contributed by atoms with E-state index in [1.807, 2.05) is 0 Å². The van der Waals surface area contributed by atoms with E-state index in [2.05, 4.69) is 15.7 Å². The summed E-state index contributed by atoms with van der Waals surface area (Å²) in [5, 5.41) is 10.6. The monoisotopic (exact) mass is 372 g/mol. The molecule has 0 spiro atoms. The number of ether oxygens (including phenoxy) is 1. The van der Waals surface area contributed by atoms with E-state index in [4.69, 9.17) is 17.0 Å². The molecule has 0 aliphatic rings. The SMILES string of the molecule is COCCCNC(=S)Nc1cnn(Cc2cccc(C(F)(F)F)c2)c1. The van der Waals surface area contributed by atoms with Gasteiger partial charge in [-0.15, -0.1) is 0 Å². The molecule has 25 heavy (non-hydrogen) atoms. The smallest absolute Gasteiger partial charge is 0.385 e. The molecule has 2 N–H and O–H groups in total. The van der Waals surface area contributed by atoms with Gasteiger partial charge in [0, 0.05) is 26.5 Å². The molecule has 1 aromatic carbocycles. The summed E-state index contributed by atoms with van der Waals surface area (Å²) < 4.78 is 44.7. The molecule has 0 unspecified atom stereocenters. The van der Waals surface area contributed by atoms with Gasteiger partial charge in [0.1, 0.15) is 0 Å². The molecule has 0 radical (unpaired) electrons. The van der Waals surface area contributed by atoms with Gasteiger partial charge in [0.05, 0.1) is 24.0 Å². The van der Waals surface area contributed by atoms with E-state index in [0.29, 0.717) is 29.5 Å². The largest absolute Gasteiger partial charge is 0.416 e. The number of aromatic nitrogens is 2. The van der Waals surface area contributed by atoms with Gasteiger partial charge in [0.2, 0.25) is 0 Å². The summed E-state index contributed by atoms with van der Waals surface area (Å²) in [6, 6.07) is 5.19. The Balaban J connectivity index is 1.90. The zero-order valence-electron chi connectivity index (χ0n) is 13.6. The second-order valence-electron chi connectivity index (χ2n) is 5.35. The summed E-state index contributed by atoms with van der Waals surface area (Å²) in [5.41, 5.74) is 0.512. The molecule has 0 saturated carbocycles. The Bertz CT molecular complexity index is 703. The summed E-state index contributed by atoms with van der Waals surface area (Å²) in [6.07, 6.45) is -0.277. The minimum Gasteiger partial charge on any atom is -0.385 e. The van der Waals surface area contributed by atoms with Crippen molar-refractivity contribution in [3.63, 3.8) is 0 Å². The molecule has 1 aromatic heterocycles. The van der Waals surface area contributed by atoms with Crippen LogP contribution in [0.25, 0.3) is 0 Å². The summed E-state index contributed by atoms with van der Waals surface area (Å²) in [4.78, 5) is 0. The molecule has 2 aromatic rings. The number of benzene rings is 1. The molecule has 0 amide bonds. The molecule has 0 aliphatic carbocycles. The highest BCUT2D eigenvalue weighted by molar-refractivity contribution is 7.80. The average Bonchev–Trinajstić information content (AvgIpc) is 2.98. The first-order chi connectivity index (χ1) is 11.9. The van der Waals surface area contributed by atoms with Gasteiger partial charge < -0.3 is 15.4 Å². The summed E-state index contributed by atoms with van der Waals surface area (Å²) in [7, 11) is 1.63. The fraction of sp³-hybridized carbons (Fsp3) is 0.375. The predicted octanol–water partition coefficient (Wildman–Crippen LogP) is 3.27. The van der Waals surface area contributed by atoms with Crippen LogP contribution in [0.4, 0.5) is 18.9 Å². The normalized spacial score (nSPS) is 11.4. The number of methoxy groups -OCH3 is 1. The van der Waals surface area contributed by atoms with Crippen molar-refractivity contribution in [1.29, 1.82) is 0 Å². The highest BCUT2D eigenvalue weighted by Gasteiger charge is 2.30. The molecule has 2 rings (SSSR count). The molecule has 0 atom stereocenters. The lowest BCUT2D eigenvalue weighted by molar-refractivity contribution is -0.137. The van der Waals surface area contributed by atoms with Crippen molar-refractivity contribution in [2.24, 2.45) is 0 Å². The van der Waals surface area contributed by atoms with Crippen molar-refractivity contribution in [2.75, 3.05) is 25.6 Å². The van der Waals surface area contributed by atoms with Gasteiger partial charge in [-0.2, -0.15) is 18.3 Å². The average molecular weight is 372 g/mol. The van der Waals surface area contributed by atoms with E-state index < -0.39 is 11.7 Å². The Morgan fingerprint density at radius 1 is 1.36 bits per heavy atom. The molecule has 0 saturated heterocycles. The van der Waals surface area contributed by atoms with Crippen molar-refractivity contribution >= 4 is 23.0 Å². The Kier molecular flexibility index (Phi) is 6.77. The zero-order valence-corrected chi connectivity index (χ0v) is 14.5. The minimum absolute atomic E-state index is 0.236. The molecule has 0 aliphatic heterocycles. The first-order valence-electron chi connectivity index (χ1n) is 7.61. The second kappa shape index (κ2) is 8.82. The predicted molar refractivity (Wildman–Crippen MR) is 93.5 cm³/mol. The Morgan fingerprint density at radius 3 is 2.88 bits per heavy atom. The van der Waals surface area contributed by atoms with Gasteiger partial charge >= 0.3 is 6.18 Å². The van der Waals surface area contributed by atoms with Crippen LogP contribution in [-0.2, 0) is 17.5 Å². The first kappa shape index (κ1) is 19.2. The summed E-state index contributed by atoms with van der Waals surface area (Å²) in [6.45, 7) is 1.56. The minimum atomic E-state index is -4.35. The lowest BCUT2D eigenvalue weighted by Crippen LogP contribution is -2.29. The van der Waals surface area contributed by atoms with E-state index in [0.717, 1.165) is 18.6 Å². The molecule has 0 fully saturated rings. The van der Waals surface area contributed by atoms with Gasteiger partial charge in [0.25, 0.3) is 0 Å². The summed E-state index contributed by atoms with van der Waals surface area (Å²) in [5.74, 6) is 0. The maximum Gasteiger partial charge on any atom is 0.416 e. The molecule has 5 nitrogen and oxygen atoms in total. The number of hydrogen-bond acceptors (Lipinski definition) is 3. The van der Waals surface area contributed by atoms with E-state index in [1.165, 1.54) is 6.07 Å². The number of nitrogens with zero attached hydrogens (tertiary/aromatic N) is 2. The fourth-order valence-electron chi connectivity index (χ4n) is 2.14. The van der Waals surface area contributed by atoms with Crippen molar-refractivity contribution < 1.29 is 17.9 Å². The van der Waals surface area contributed by atoms with Gasteiger partial charge in [-0.3, -0.25) is 4.68 Å². The van der Waals surface area contributed by atoms with Crippen molar-refractivity contribution in [3.8, 4) is 0 Å². The molecule has 9 heteroatoms. The second-order valence-corrected chi connectivity index (χ2v) is 5.76. The van der Waals surface area contributed by atoms with Crippen molar-refractivity contribution in [3.05, 3.63) is 47.8 Å². The van der Waals surface area contributed by atoms with E-state index >= 15 is 0 Å². The topological polar surface area (TPSA) is 51.1 Å². The lowest BCUT2D eigenvalue weighted by atomic mass is 10.1. The molecular weight excluding hydrogens is 353 g/mol. The Morgan fingerprint density at radius 2 is 2.16 bits per heavy atom. The lowest BCUT2D eigenvalue weighted by Gasteiger charge is -2.09. The quantitative estimate of drug-likeness (QED) is 0.577. The first-order valence-corrected chi connectivity index (χ1v) is 8.01. The maximum atomic E-state index is 12.7.